The predicted molar refractivity (Wildman–Crippen MR) is 108 cm³/mol. The first-order valence-electron chi connectivity index (χ1n) is 10.9. The number of hydrogen-bond acceptors (Lipinski definition) is 4. The molecule has 2 aromatic heterocycles. The third-order valence-corrected chi connectivity index (χ3v) is 6.99. The fourth-order valence-corrected chi connectivity index (χ4v) is 5.53. The first kappa shape index (κ1) is 20.0. The van der Waals surface area contributed by atoms with Crippen LogP contribution in [0.3, 0.4) is 0 Å². The molecule has 2 unspecified atom stereocenters. The summed E-state index contributed by atoms with van der Waals surface area (Å²) in [5, 5.41) is 8.09. The van der Waals surface area contributed by atoms with E-state index >= 15 is 0 Å². The number of rotatable bonds is 4. The summed E-state index contributed by atoms with van der Waals surface area (Å²) in [7, 11) is 0. The van der Waals surface area contributed by atoms with Gasteiger partial charge in [-0.25, -0.2) is 4.98 Å². The van der Waals surface area contributed by atoms with E-state index in [1.807, 2.05) is 10.7 Å². The maximum absolute atomic E-state index is 13.1. The summed E-state index contributed by atoms with van der Waals surface area (Å²) in [6, 6.07) is 6.84. The highest BCUT2D eigenvalue weighted by Gasteiger charge is 2.58. The van der Waals surface area contributed by atoms with Crippen LogP contribution in [0.2, 0.25) is 0 Å². The Morgan fingerprint density at radius 2 is 1.77 bits per heavy atom. The van der Waals surface area contributed by atoms with E-state index in [1.165, 1.54) is 18.9 Å². The lowest BCUT2D eigenvalue weighted by Gasteiger charge is -2.34. The van der Waals surface area contributed by atoms with E-state index in [1.54, 1.807) is 6.07 Å². The monoisotopic (exact) mass is 419 g/mol. The highest BCUT2D eigenvalue weighted by Crippen LogP contribution is 2.64. The molecule has 4 atom stereocenters. The lowest BCUT2D eigenvalue weighted by Crippen LogP contribution is -2.48. The molecule has 0 amide bonds. The Hall–Kier alpha value is -1.93. The quantitative estimate of drug-likeness (QED) is 0.816. The third kappa shape index (κ3) is 3.54. The van der Waals surface area contributed by atoms with E-state index in [9.17, 15) is 13.2 Å². The number of nitrogens with zero attached hydrogens (tertiary/aromatic N) is 4. The van der Waals surface area contributed by atoms with Crippen LogP contribution in [0.25, 0.3) is 11.4 Å². The van der Waals surface area contributed by atoms with Crippen molar-refractivity contribution in [1.29, 1.82) is 0 Å². The van der Waals surface area contributed by atoms with Crippen molar-refractivity contribution in [2.24, 2.45) is 11.8 Å². The number of piperazine rings is 1. The molecule has 1 aliphatic heterocycles. The number of aromatic nitrogens is 3. The van der Waals surface area contributed by atoms with Gasteiger partial charge in [0.1, 0.15) is 11.4 Å². The molecule has 8 heteroatoms. The number of pyridine rings is 1. The molecule has 0 bridgehead atoms. The lowest BCUT2D eigenvalue weighted by atomic mass is 10.0. The van der Waals surface area contributed by atoms with Gasteiger partial charge in [-0.3, -0.25) is 9.58 Å². The normalized spacial score (nSPS) is 29.4. The second-order valence-electron chi connectivity index (χ2n) is 9.16. The van der Waals surface area contributed by atoms with Gasteiger partial charge in [-0.2, -0.15) is 18.3 Å². The number of halogens is 3. The molecule has 3 aliphatic rings. The molecular weight excluding hydrogens is 391 g/mol. The van der Waals surface area contributed by atoms with Crippen LogP contribution in [0.5, 0.6) is 0 Å². The van der Waals surface area contributed by atoms with Crippen molar-refractivity contribution in [3.05, 3.63) is 35.7 Å². The zero-order valence-electron chi connectivity index (χ0n) is 17.4. The minimum atomic E-state index is -4.45. The van der Waals surface area contributed by atoms with Crippen molar-refractivity contribution in [1.82, 2.24) is 25.0 Å². The van der Waals surface area contributed by atoms with Crippen LogP contribution in [0, 0.1) is 11.8 Å². The highest BCUT2D eigenvalue weighted by atomic mass is 19.4. The van der Waals surface area contributed by atoms with E-state index < -0.39 is 11.9 Å². The van der Waals surface area contributed by atoms with Gasteiger partial charge < -0.3 is 5.32 Å². The molecule has 3 fully saturated rings. The van der Waals surface area contributed by atoms with Crippen molar-refractivity contribution in [3.63, 3.8) is 0 Å². The average Bonchev–Trinajstić information content (AvgIpc) is 3.10. The van der Waals surface area contributed by atoms with Gasteiger partial charge >= 0.3 is 6.18 Å². The van der Waals surface area contributed by atoms with Crippen LogP contribution in [-0.2, 0) is 6.18 Å². The molecule has 0 aromatic carbocycles. The fourth-order valence-electron chi connectivity index (χ4n) is 5.53. The molecule has 5 nitrogen and oxygen atoms in total. The molecule has 3 heterocycles. The number of fused-ring (bicyclic) bond motifs is 1. The van der Waals surface area contributed by atoms with Crippen LogP contribution in [0.1, 0.15) is 50.0 Å². The van der Waals surface area contributed by atoms with Gasteiger partial charge in [-0.1, -0.05) is 6.07 Å². The van der Waals surface area contributed by atoms with Crippen LogP contribution in [-0.4, -0.2) is 51.9 Å². The van der Waals surface area contributed by atoms with Crippen LogP contribution in [0.15, 0.2) is 24.3 Å². The van der Waals surface area contributed by atoms with E-state index in [0.29, 0.717) is 29.5 Å². The molecule has 0 spiro atoms. The summed E-state index contributed by atoms with van der Waals surface area (Å²) in [5.74, 6) is 1.81. The average molecular weight is 419 g/mol. The van der Waals surface area contributed by atoms with Crippen LogP contribution >= 0.6 is 0 Å². The topological polar surface area (TPSA) is 46.0 Å². The lowest BCUT2D eigenvalue weighted by molar-refractivity contribution is -0.141. The standard InChI is InChI=1S/C22H28F3N5/c1-13(2)30-19(12-18(28-30)17-4-3-5-20(27-17)22(23,24)25)21-15-10-14(11-16(15)21)29-8-6-26-7-9-29/h3-5,12-16,21,26H,6-11H2,1-2H3/t14?,15-,16+,21?. The molecule has 2 aliphatic carbocycles. The maximum atomic E-state index is 13.1. The van der Waals surface area contributed by atoms with E-state index in [-0.39, 0.29) is 11.7 Å². The van der Waals surface area contributed by atoms with Crippen molar-refractivity contribution < 1.29 is 13.2 Å². The maximum Gasteiger partial charge on any atom is 0.433 e. The molecule has 5 rings (SSSR count). The Morgan fingerprint density at radius 1 is 1.07 bits per heavy atom. The summed E-state index contributed by atoms with van der Waals surface area (Å²) in [6.07, 6.45) is -2.02. The summed E-state index contributed by atoms with van der Waals surface area (Å²) in [4.78, 5) is 6.46. The Labute approximate surface area is 174 Å². The van der Waals surface area contributed by atoms with Gasteiger partial charge in [-0.15, -0.1) is 0 Å². The summed E-state index contributed by atoms with van der Waals surface area (Å²) in [5.41, 5.74) is 1.11. The number of hydrogen-bond donors (Lipinski definition) is 1. The van der Waals surface area contributed by atoms with Gasteiger partial charge in [-0.05, 0) is 56.7 Å². The Morgan fingerprint density at radius 3 is 2.40 bits per heavy atom. The van der Waals surface area contributed by atoms with Gasteiger partial charge in [0.05, 0.1) is 5.69 Å². The molecule has 1 N–H and O–H groups in total. The predicted octanol–water partition coefficient (Wildman–Crippen LogP) is 3.94. The van der Waals surface area contributed by atoms with Gasteiger partial charge in [0.25, 0.3) is 0 Å². The second-order valence-corrected chi connectivity index (χ2v) is 9.16. The summed E-state index contributed by atoms with van der Waals surface area (Å²) < 4.78 is 41.3. The minimum Gasteiger partial charge on any atom is -0.314 e. The molecule has 0 radical (unpaired) electrons. The summed E-state index contributed by atoms with van der Waals surface area (Å²) in [6.45, 7) is 8.54. The highest BCUT2D eigenvalue weighted by molar-refractivity contribution is 5.55. The second kappa shape index (κ2) is 7.34. The van der Waals surface area contributed by atoms with E-state index in [0.717, 1.165) is 37.9 Å². The first-order valence-corrected chi connectivity index (χ1v) is 10.9. The van der Waals surface area contributed by atoms with E-state index in [2.05, 4.69) is 34.1 Å². The van der Waals surface area contributed by atoms with E-state index in [4.69, 9.17) is 0 Å². The molecule has 162 valence electrons. The Kier molecular flexibility index (Phi) is 4.89. The van der Waals surface area contributed by atoms with Crippen molar-refractivity contribution in [2.75, 3.05) is 26.2 Å². The molecule has 2 saturated carbocycles. The van der Waals surface area contributed by atoms with Crippen molar-refractivity contribution >= 4 is 0 Å². The summed E-state index contributed by atoms with van der Waals surface area (Å²) >= 11 is 0. The molecule has 2 aromatic rings. The van der Waals surface area contributed by atoms with Crippen molar-refractivity contribution in [2.45, 2.75) is 50.9 Å². The van der Waals surface area contributed by atoms with Crippen LogP contribution in [0.4, 0.5) is 13.2 Å². The van der Waals surface area contributed by atoms with Gasteiger partial charge in [0.2, 0.25) is 0 Å². The Bertz CT molecular complexity index is 904. The Balaban J connectivity index is 1.37. The smallest absolute Gasteiger partial charge is 0.314 e. The van der Waals surface area contributed by atoms with Gasteiger partial charge in [0.15, 0.2) is 0 Å². The van der Waals surface area contributed by atoms with Gasteiger partial charge in [0, 0.05) is 49.9 Å². The zero-order chi connectivity index (χ0) is 21.0. The third-order valence-electron chi connectivity index (χ3n) is 6.99. The minimum absolute atomic E-state index is 0.157. The largest absolute Gasteiger partial charge is 0.433 e. The molecule has 1 saturated heterocycles. The molecular formula is C22H28F3N5. The zero-order valence-corrected chi connectivity index (χ0v) is 17.4. The van der Waals surface area contributed by atoms with Crippen LogP contribution < -0.4 is 5.32 Å². The number of alkyl halides is 3. The number of nitrogens with one attached hydrogen (secondary N) is 1. The fraction of sp³-hybridized carbons (Fsp3) is 0.636. The molecule has 30 heavy (non-hydrogen) atoms. The SMILES string of the molecule is CC(C)n1nc(-c2cccc(C(F)(F)F)n2)cc1C1[C@H]2CC(N3CCNCC3)C[C@@H]12. The first-order chi connectivity index (χ1) is 14.3. The van der Waals surface area contributed by atoms with Crippen molar-refractivity contribution in [3.8, 4) is 11.4 Å².